The molecule has 0 unspecified atom stereocenters. The number of aliphatic imine (C=N–C) groups is 1. The molecule has 8 heteroatoms. The quantitative estimate of drug-likeness (QED) is 0.897. The molecule has 1 aliphatic heterocycles. The molecular formula is C14H15N3O4S. The van der Waals surface area contributed by atoms with Gasteiger partial charge in [0.05, 0.1) is 18.6 Å². The van der Waals surface area contributed by atoms with Gasteiger partial charge >= 0.3 is 0 Å². The van der Waals surface area contributed by atoms with Gasteiger partial charge in [-0.3, -0.25) is 0 Å². The van der Waals surface area contributed by atoms with Gasteiger partial charge in [0.2, 0.25) is 5.96 Å². The van der Waals surface area contributed by atoms with E-state index in [0.717, 1.165) is 0 Å². The third-order valence-corrected chi connectivity index (χ3v) is 4.39. The number of hydrogen-bond donors (Lipinski definition) is 2. The zero-order valence-electron chi connectivity index (χ0n) is 11.9. The molecule has 22 heavy (non-hydrogen) atoms. The summed E-state index contributed by atoms with van der Waals surface area (Å²) in [6.07, 6.45) is 1.54. The van der Waals surface area contributed by atoms with Gasteiger partial charge in [-0.05, 0) is 31.2 Å². The minimum Gasteiger partial charge on any atom is -0.494 e. The van der Waals surface area contributed by atoms with E-state index in [1.807, 2.05) is 6.92 Å². The highest BCUT2D eigenvalue weighted by Crippen LogP contribution is 2.28. The minimum absolute atomic E-state index is 0.135. The number of guanidine groups is 1. The summed E-state index contributed by atoms with van der Waals surface area (Å²) in [5.74, 6) is 1.31. The molecule has 7 nitrogen and oxygen atoms in total. The van der Waals surface area contributed by atoms with Gasteiger partial charge in [-0.25, -0.2) is 18.1 Å². The summed E-state index contributed by atoms with van der Waals surface area (Å²) in [6.45, 7) is 2.55. The lowest BCUT2D eigenvalue weighted by Gasteiger charge is -2.22. The average molecular weight is 321 g/mol. The van der Waals surface area contributed by atoms with Crippen molar-refractivity contribution < 1.29 is 17.6 Å². The molecule has 0 atom stereocenters. The van der Waals surface area contributed by atoms with Crippen molar-refractivity contribution >= 4 is 21.7 Å². The molecule has 2 aromatic rings. The predicted octanol–water partition coefficient (Wildman–Crippen LogP) is 1.94. The van der Waals surface area contributed by atoms with Crippen molar-refractivity contribution in [2.45, 2.75) is 18.4 Å². The van der Waals surface area contributed by atoms with E-state index >= 15 is 0 Å². The normalized spacial score (nSPS) is 17.4. The Morgan fingerprint density at radius 1 is 1.32 bits per heavy atom. The topological polar surface area (TPSA) is 92.9 Å². The second-order valence-electron chi connectivity index (χ2n) is 4.57. The lowest BCUT2D eigenvalue weighted by atomic mass is 10.3. The van der Waals surface area contributed by atoms with Crippen molar-refractivity contribution in [2.75, 3.05) is 11.9 Å². The van der Waals surface area contributed by atoms with Gasteiger partial charge in [-0.1, -0.05) is 0 Å². The Balaban J connectivity index is 1.88. The van der Waals surface area contributed by atoms with Crippen molar-refractivity contribution in [3.63, 3.8) is 0 Å². The summed E-state index contributed by atoms with van der Waals surface area (Å²) in [7, 11) is -3.68. The molecule has 0 radical (unpaired) electrons. The number of nitrogens with one attached hydrogen (secondary N) is 2. The fraction of sp³-hybridized carbons (Fsp3) is 0.214. The number of benzene rings is 1. The highest BCUT2D eigenvalue weighted by atomic mass is 32.2. The van der Waals surface area contributed by atoms with Crippen LogP contribution < -0.4 is 14.8 Å². The van der Waals surface area contributed by atoms with Crippen LogP contribution in [0.25, 0.3) is 0 Å². The van der Waals surface area contributed by atoms with Crippen LogP contribution in [0.5, 0.6) is 5.75 Å². The second-order valence-corrected chi connectivity index (χ2v) is 6.22. The molecule has 0 fully saturated rings. The number of ether oxygens (including phenoxy) is 1. The van der Waals surface area contributed by atoms with Gasteiger partial charge < -0.3 is 14.5 Å². The largest absolute Gasteiger partial charge is 0.494 e. The molecule has 0 bridgehead atoms. The van der Waals surface area contributed by atoms with E-state index in [1.165, 1.54) is 6.07 Å². The Morgan fingerprint density at radius 3 is 2.91 bits per heavy atom. The van der Waals surface area contributed by atoms with Crippen LogP contribution in [0.15, 0.2) is 50.9 Å². The molecule has 1 aliphatic rings. The van der Waals surface area contributed by atoms with Crippen LogP contribution in [-0.4, -0.2) is 21.0 Å². The first-order valence-corrected chi connectivity index (χ1v) is 8.20. The molecule has 116 valence electrons. The Bertz CT molecular complexity index is 798. The van der Waals surface area contributed by atoms with Crippen LogP contribution in [0.2, 0.25) is 0 Å². The van der Waals surface area contributed by atoms with E-state index < -0.39 is 10.0 Å². The van der Waals surface area contributed by atoms with Gasteiger partial charge in [0.25, 0.3) is 10.0 Å². The summed E-state index contributed by atoms with van der Waals surface area (Å²) in [4.78, 5) is 4.30. The van der Waals surface area contributed by atoms with E-state index in [2.05, 4.69) is 15.0 Å². The molecule has 1 aromatic carbocycles. The van der Waals surface area contributed by atoms with Crippen LogP contribution in [-0.2, 0) is 16.6 Å². The summed E-state index contributed by atoms with van der Waals surface area (Å²) in [5.41, 5.74) is 0.459. The first-order valence-electron chi connectivity index (χ1n) is 6.72. The number of fused-ring (bicyclic) bond motifs is 1. The molecular weight excluding hydrogens is 306 g/mol. The highest BCUT2D eigenvalue weighted by molar-refractivity contribution is 7.90. The van der Waals surface area contributed by atoms with E-state index in [1.54, 1.807) is 30.5 Å². The van der Waals surface area contributed by atoms with Crippen LogP contribution in [0, 0.1) is 0 Å². The fourth-order valence-corrected chi connectivity index (χ4v) is 3.21. The van der Waals surface area contributed by atoms with Crippen molar-refractivity contribution in [2.24, 2.45) is 4.99 Å². The SMILES string of the molecule is CCOc1ccc2c(c1)S(=O)(=O)NC(=NCc1ccco1)N2. The van der Waals surface area contributed by atoms with Crippen LogP contribution in [0.3, 0.4) is 0 Å². The molecule has 0 saturated carbocycles. The smallest absolute Gasteiger partial charge is 0.266 e. The predicted molar refractivity (Wildman–Crippen MR) is 81.4 cm³/mol. The van der Waals surface area contributed by atoms with Gasteiger partial charge in [0, 0.05) is 6.07 Å². The highest BCUT2D eigenvalue weighted by Gasteiger charge is 2.27. The fourth-order valence-electron chi connectivity index (χ4n) is 2.05. The lowest BCUT2D eigenvalue weighted by molar-refractivity contribution is 0.339. The third kappa shape index (κ3) is 2.91. The maximum atomic E-state index is 12.3. The number of rotatable bonds is 4. The van der Waals surface area contributed by atoms with Crippen LogP contribution in [0.1, 0.15) is 12.7 Å². The molecule has 0 saturated heterocycles. The Hall–Kier alpha value is -2.48. The van der Waals surface area contributed by atoms with Gasteiger partial charge in [-0.2, -0.15) is 0 Å². The van der Waals surface area contributed by atoms with Crippen molar-refractivity contribution in [1.82, 2.24) is 4.72 Å². The molecule has 3 rings (SSSR count). The molecule has 1 aromatic heterocycles. The van der Waals surface area contributed by atoms with Crippen LogP contribution >= 0.6 is 0 Å². The molecule has 2 heterocycles. The monoisotopic (exact) mass is 321 g/mol. The van der Waals surface area contributed by atoms with Gasteiger partial charge in [-0.15, -0.1) is 0 Å². The molecule has 0 aliphatic carbocycles. The van der Waals surface area contributed by atoms with E-state index in [9.17, 15) is 8.42 Å². The number of furan rings is 1. The number of nitrogens with zero attached hydrogens (tertiary/aromatic N) is 1. The Morgan fingerprint density at radius 2 is 2.18 bits per heavy atom. The standard InChI is InChI=1S/C14H15N3O4S/c1-2-20-10-5-6-12-13(8-10)22(18,19)17-14(16-12)15-9-11-4-3-7-21-11/h3-8H,2,9H2,1H3,(H2,15,16,17). The van der Waals surface area contributed by atoms with Crippen molar-refractivity contribution in [1.29, 1.82) is 0 Å². The van der Waals surface area contributed by atoms with E-state index in [-0.39, 0.29) is 17.4 Å². The summed E-state index contributed by atoms with van der Waals surface area (Å²) in [5, 5.41) is 2.95. The maximum absolute atomic E-state index is 12.3. The minimum atomic E-state index is -3.68. The third-order valence-electron chi connectivity index (χ3n) is 3.01. The van der Waals surface area contributed by atoms with Gasteiger partial charge in [0.1, 0.15) is 22.9 Å². The summed E-state index contributed by atoms with van der Waals surface area (Å²) >= 11 is 0. The maximum Gasteiger partial charge on any atom is 0.266 e. The zero-order chi connectivity index (χ0) is 15.6. The molecule has 0 spiro atoms. The summed E-state index contributed by atoms with van der Waals surface area (Å²) in [6, 6.07) is 8.36. The molecule has 0 amide bonds. The number of hydrogen-bond acceptors (Lipinski definition) is 5. The van der Waals surface area contributed by atoms with Crippen molar-refractivity contribution in [3.05, 3.63) is 42.4 Å². The number of anilines is 1. The van der Waals surface area contributed by atoms with Crippen molar-refractivity contribution in [3.8, 4) is 5.75 Å². The van der Waals surface area contributed by atoms with Gasteiger partial charge in [0.15, 0.2) is 0 Å². The lowest BCUT2D eigenvalue weighted by Crippen LogP contribution is -2.40. The Kier molecular flexibility index (Phi) is 3.76. The van der Waals surface area contributed by atoms with E-state index in [4.69, 9.17) is 9.15 Å². The summed E-state index contributed by atoms with van der Waals surface area (Å²) < 4.78 is 37.5. The first kappa shape index (κ1) is 14.5. The molecule has 2 N–H and O–H groups in total. The van der Waals surface area contributed by atoms with Crippen LogP contribution in [0.4, 0.5) is 5.69 Å². The average Bonchev–Trinajstić information content (AvgIpc) is 2.99. The number of sulfonamides is 1. The zero-order valence-corrected chi connectivity index (χ0v) is 12.7. The van der Waals surface area contributed by atoms with E-state index in [0.29, 0.717) is 23.8 Å². The first-order chi connectivity index (χ1) is 10.6. The Labute approximate surface area is 128 Å². The second kappa shape index (κ2) is 5.72.